The summed E-state index contributed by atoms with van der Waals surface area (Å²) in [6.07, 6.45) is -1.32. The predicted molar refractivity (Wildman–Crippen MR) is 150 cm³/mol. The van der Waals surface area contributed by atoms with Gasteiger partial charge in [-0.1, -0.05) is 78.9 Å². The van der Waals surface area contributed by atoms with Gasteiger partial charge in [0.05, 0.1) is 23.2 Å². The van der Waals surface area contributed by atoms with E-state index in [0.717, 1.165) is 4.90 Å². The smallest absolute Gasteiger partial charge is 0.268 e. The number of benzene rings is 3. The third-order valence-electron chi connectivity index (χ3n) is 6.07. The van der Waals surface area contributed by atoms with Crippen molar-refractivity contribution in [1.82, 2.24) is 10.0 Å². The van der Waals surface area contributed by atoms with Gasteiger partial charge in [0.1, 0.15) is 18.6 Å². The number of para-hydroxylation sites is 1. The molecule has 1 unspecified atom stereocenters. The van der Waals surface area contributed by atoms with Crippen LogP contribution in [0.1, 0.15) is 30.0 Å². The Hall–Kier alpha value is -4.48. The zero-order valence-corrected chi connectivity index (χ0v) is 22.5. The van der Waals surface area contributed by atoms with Crippen LogP contribution < -0.4 is 14.9 Å². The van der Waals surface area contributed by atoms with Crippen molar-refractivity contribution in [3.05, 3.63) is 102 Å². The molecule has 11 heteroatoms. The molecule has 10 nitrogen and oxygen atoms in total. The molecule has 1 aliphatic rings. The molecule has 0 fully saturated rings. The molecule has 206 valence electrons. The van der Waals surface area contributed by atoms with Crippen LogP contribution in [0.25, 0.3) is 0 Å². The van der Waals surface area contributed by atoms with Crippen LogP contribution in [0.5, 0.6) is 0 Å². The van der Waals surface area contributed by atoms with Gasteiger partial charge in [-0.2, -0.15) is 4.72 Å². The lowest BCUT2D eigenvalue weighted by Crippen LogP contribution is -2.51. The molecule has 4 rings (SSSR count). The number of benzodiazepines with no additional fused rings is 1. The molecule has 0 saturated heterocycles. The highest BCUT2D eigenvalue weighted by Crippen LogP contribution is 2.28. The van der Waals surface area contributed by atoms with E-state index in [-0.39, 0.29) is 18.0 Å². The molecule has 2 atom stereocenters. The minimum atomic E-state index is -4.05. The average Bonchev–Trinajstić information content (AvgIpc) is 3.03. The number of hydrogen-bond donors (Lipinski definition) is 2. The van der Waals surface area contributed by atoms with E-state index in [1.165, 1.54) is 6.92 Å². The fourth-order valence-electron chi connectivity index (χ4n) is 4.34. The van der Waals surface area contributed by atoms with Crippen molar-refractivity contribution in [2.45, 2.75) is 31.3 Å². The highest BCUT2D eigenvalue weighted by Gasteiger charge is 2.35. The summed E-state index contributed by atoms with van der Waals surface area (Å²) in [5.74, 6) is -2.15. The molecular formula is C29H28N4O6S. The summed E-state index contributed by atoms with van der Waals surface area (Å²) in [5, 5.41) is 2.46. The van der Waals surface area contributed by atoms with E-state index in [2.05, 4.69) is 15.0 Å². The van der Waals surface area contributed by atoms with Gasteiger partial charge in [-0.25, -0.2) is 8.42 Å². The summed E-state index contributed by atoms with van der Waals surface area (Å²) in [6, 6.07) is 23.2. The van der Waals surface area contributed by atoms with E-state index in [0.29, 0.717) is 34.4 Å². The van der Waals surface area contributed by atoms with Crippen LogP contribution in [0.2, 0.25) is 0 Å². The van der Waals surface area contributed by atoms with E-state index in [1.807, 2.05) is 6.07 Å². The quantitative estimate of drug-likeness (QED) is 0.344. The molecule has 1 aliphatic heterocycles. The Balaban J connectivity index is 1.73. The Bertz CT molecular complexity index is 1540. The van der Waals surface area contributed by atoms with Crippen LogP contribution in [0.15, 0.2) is 89.9 Å². The Labute approximate surface area is 232 Å². The van der Waals surface area contributed by atoms with Crippen LogP contribution in [0, 0.1) is 0 Å². The fourth-order valence-corrected chi connectivity index (χ4v) is 5.55. The van der Waals surface area contributed by atoms with Crippen molar-refractivity contribution in [3.8, 4) is 0 Å². The van der Waals surface area contributed by atoms with E-state index in [9.17, 15) is 27.6 Å². The van der Waals surface area contributed by atoms with Crippen molar-refractivity contribution in [2.75, 3.05) is 11.4 Å². The first kappa shape index (κ1) is 28.5. The van der Waals surface area contributed by atoms with Crippen LogP contribution in [0.4, 0.5) is 5.69 Å². The highest BCUT2D eigenvalue weighted by atomic mass is 32.2. The number of hydrogen-bond acceptors (Lipinski definition) is 7. The molecule has 3 aromatic rings. The van der Waals surface area contributed by atoms with Gasteiger partial charge in [0, 0.05) is 17.5 Å². The number of carbonyl (C=O) groups excluding carboxylic acids is 4. The first-order valence-corrected chi connectivity index (χ1v) is 14.1. The number of nitrogens with one attached hydrogen (secondary N) is 2. The van der Waals surface area contributed by atoms with Crippen molar-refractivity contribution >= 4 is 45.3 Å². The van der Waals surface area contributed by atoms with Crippen LogP contribution in [0.3, 0.4) is 0 Å². The molecule has 2 N–H and O–H groups in total. The van der Waals surface area contributed by atoms with Gasteiger partial charge in [-0.05, 0) is 18.6 Å². The number of carbonyl (C=O) groups is 4. The van der Waals surface area contributed by atoms with Crippen LogP contribution in [-0.2, 0) is 35.0 Å². The number of aliphatic imine (C=N–C) groups is 1. The number of anilines is 1. The van der Waals surface area contributed by atoms with Crippen LogP contribution >= 0.6 is 0 Å². The number of nitrogens with zero attached hydrogens (tertiary/aromatic N) is 2. The van der Waals surface area contributed by atoms with Crippen molar-refractivity contribution < 1.29 is 27.6 Å². The normalized spacial score (nSPS) is 15.8. The van der Waals surface area contributed by atoms with E-state index >= 15 is 0 Å². The standard InChI is InChI=1S/C29H28N4O6S/c1-20(35)16-23(18-34)30-26(36)17-33-25-15-9-8-14-24(25)27(22-12-6-3-7-13-22)31-28(29(33)37)32-40(38,39)19-21-10-4-2-5-11-21/h2-15,18,23,28,32H,16-17,19H2,1H3,(H,30,36)/t23-,28?/m0/s1. The number of aldehydes is 1. The number of rotatable bonds is 11. The SMILES string of the molecule is CC(=O)C[C@@H](C=O)NC(=O)CN1C(=O)C(NS(=O)(=O)Cc2ccccc2)N=C(c2ccccc2)c2ccccc21. The maximum absolute atomic E-state index is 13.9. The summed E-state index contributed by atoms with van der Waals surface area (Å²) in [7, 11) is -4.05. The van der Waals surface area contributed by atoms with Gasteiger partial charge in [-0.15, -0.1) is 0 Å². The molecule has 40 heavy (non-hydrogen) atoms. The number of sulfonamides is 1. The Morgan fingerprint density at radius 1 is 0.975 bits per heavy atom. The molecular weight excluding hydrogens is 532 g/mol. The Morgan fingerprint density at radius 2 is 1.60 bits per heavy atom. The summed E-state index contributed by atoms with van der Waals surface area (Å²) >= 11 is 0. The molecule has 0 spiro atoms. The minimum absolute atomic E-state index is 0.192. The average molecular weight is 561 g/mol. The number of Topliss-reactive ketones (excluding diaryl/α,β-unsaturated/α-hetero) is 1. The molecule has 3 aromatic carbocycles. The molecule has 2 amide bonds. The molecule has 0 bridgehead atoms. The van der Waals surface area contributed by atoms with Gasteiger partial charge in [0.15, 0.2) is 6.17 Å². The monoisotopic (exact) mass is 560 g/mol. The maximum atomic E-state index is 13.9. The molecule has 1 heterocycles. The molecule has 0 radical (unpaired) electrons. The molecule has 0 saturated carbocycles. The topological polar surface area (TPSA) is 142 Å². The zero-order valence-electron chi connectivity index (χ0n) is 21.7. The summed E-state index contributed by atoms with van der Waals surface area (Å²) in [6.45, 7) is 0.762. The predicted octanol–water partition coefficient (Wildman–Crippen LogP) is 1.98. The second-order valence-electron chi connectivity index (χ2n) is 9.27. The van der Waals surface area contributed by atoms with Crippen LogP contribution in [-0.4, -0.2) is 56.8 Å². The Morgan fingerprint density at radius 3 is 2.25 bits per heavy atom. The second-order valence-corrected chi connectivity index (χ2v) is 11.0. The highest BCUT2D eigenvalue weighted by molar-refractivity contribution is 7.88. The van der Waals surface area contributed by atoms with E-state index in [1.54, 1.807) is 78.9 Å². The number of amides is 2. The molecule has 0 aliphatic carbocycles. The third-order valence-corrected chi connectivity index (χ3v) is 7.36. The third kappa shape index (κ3) is 7.13. The summed E-state index contributed by atoms with van der Waals surface area (Å²) in [5.41, 5.74) is 2.37. The summed E-state index contributed by atoms with van der Waals surface area (Å²) in [4.78, 5) is 55.4. The number of fused-ring (bicyclic) bond motifs is 1. The fraction of sp³-hybridized carbons (Fsp3) is 0.207. The summed E-state index contributed by atoms with van der Waals surface area (Å²) < 4.78 is 28.7. The van der Waals surface area contributed by atoms with Crippen molar-refractivity contribution in [3.63, 3.8) is 0 Å². The lowest BCUT2D eigenvalue weighted by Gasteiger charge is -2.25. The minimum Gasteiger partial charge on any atom is -0.345 e. The lowest BCUT2D eigenvalue weighted by molar-refractivity contribution is -0.126. The molecule has 0 aromatic heterocycles. The van der Waals surface area contributed by atoms with Crippen molar-refractivity contribution in [2.24, 2.45) is 4.99 Å². The second kappa shape index (κ2) is 12.6. The van der Waals surface area contributed by atoms with Crippen molar-refractivity contribution in [1.29, 1.82) is 0 Å². The first-order chi connectivity index (χ1) is 19.2. The van der Waals surface area contributed by atoms with Gasteiger partial charge >= 0.3 is 0 Å². The number of ketones is 1. The van der Waals surface area contributed by atoms with Gasteiger partial charge in [0.25, 0.3) is 5.91 Å². The van der Waals surface area contributed by atoms with Gasteiger partial charge in [0.2, 0.25) is 15.9 Å². The first-order valence-electron chi connectivity index (χ1n) is 12.5. The lowest BCUT2D eigenvalue weighted by atomic mass is 10.0. The maximum Gasteiger partial charge on any atom is 0.268 e. The Kier molecular flexibility index (Phi) is 8.97. The van der Waals surface area contributed by atoms with Gasteiger partial charge in [-0.3, -0.25) is 24.3 Å². The van der Waals surface area contributed by atoms with E-state index < -0.39 is 40.6 Å². The van der Waals surface area contributed by atoms with E-state index in [4.69, 9.17) is 0 Å². The largest absolute Gasteiger partial charge is 0.345 e. The zero-order chi connectivity index (χ0) is 28.7. The van der Waals surface area contributed by atoms with Gasteiger partial charge < -0.3 is 10.1 Å².